The van der Waals surface area contributed by atoms with Gasteiger partial charge in [0.1, 0.15) is 12.5 Å². The van der Waals surface area contributed by atoms with Crippen molar-refractivity contribution in [2.45, 2.75) is 13.1 Å². The Morgan fingerprint density at radius 2 is 2.00 bits per heavy atom. The Balaban J connectivity index is 2.79. The van der Waals surface area contributed by atoms with Crippen LogP contribution in [-0.2, 0) is 19.1 Å². The maximum Gasteiger partial charge on any atom is 0.323 e. The summed E-state index contributed by atoms with van der Waals surface area (Å²) < 4.78 is 6.04. The van der Waals surface area contributed by atoms with Gasteiger partial charge in [-0.1, -0.05) is 0 Å². The van der Waals surface area contributed by atoms with Gasteiger partial charge in [0.2, 0.25) is 0 Å². The van der Waals surface area contributed by atoms with Gasteiger partial charge in [-0.15, -0.1) is 0 Å². The van der Waals surface area contributed by atoms with E-state index < -0.39 is 23.8 Å². The number of ether oxygens (including phenoxy) is 1. The van der Waals surface area contributed by atoms with Crippen LogP contribution >= 0.6 is 0 Å². The third kappa shape index (κ3) is 3.01. The molecule has 0 bridgehead atoms. The molecule has 0 fully saturated rings. The van der Waals surface area contributed by atoms with Gasteiger partial charge in [-0.2, -0.15) is 0 Å². The van der Waals surface area contributed by atoms with Gasteiger partial charge < -0.3 is 19.8 Å². The van der Waals surface area contributed by atoms with E-state index >= 15 is 0 Å². The van der Waals surface area contributed by atoms with Gasteiger partial charge in [0, 0.05) is 12.4 Å². The lowest BCUT2D eigenvalue weighted by Gasteiger charge is -2.15. The molecule has 0 saturated heterocycles. The Labute approximate surface area is 98.3 Å². The summed E-state index contributed by atoms with van der Waals surface area (Å²) in [6, 6.07) is 3.38. The molecule has 2 N–H and O–H groups in total. The molecular formula is C11H14N2O4. The first kappa shape index (κ1) is 13.1. The molecule has 0 aliphatic carbocycles. The van der Waals surface area contributed by atoms with Crippen molar-refractivity contribution in [3.05, 3.63) is 24.5 Å². The molecule has 0 aromatic carbocycles. The number of esters is 1. The topological polar surface area (TPSA) is 91.4 Å². The van der Waals surface area contributed by atoms with Crippen molar-refractivity contribution in [1.82, 2.24) is 4.57 Å². The van der Waals surface area contributed by atoms with Gasteiger partial charge >= 0.3 is 5.97 Å². The quantitative estimate of drug-likeness (QED) is 0.424. The van der Waals surface area contributed by atoms with E-state index in [0.29, 0.717) is 0 Å². The predicted octanol–water partition coefficient (Wildman–Crippen LogP) is -0.107. The normalized spacial score (nSPS) is 13.8. The number of nitrogens with two attached hydrogens (primary N) is 1. The van der Waals surface area contributed by atoms with E-state index in [0.717, 1.165) is 0 Å². The summed E-state index contributed by atoms with van der Waals surface area (Å²) >= 11 is 0. The lowest BCUT2D eigenvalue weighted by molar-refractivity contribution is -0.153. The number of ketones is 1. The van der Waals surface area contributed by atoms with Crippen LogP contribution in [0, 0.1) is 5.92 Å². The highest BCUT2D eigenvalue weighted by Crippen LogP contribution is 2.09. The molecular weight excluding hydrogens is 224 g/mol. The predicted molar refractivity (Wildman–Crippen MR) is 58.9 cm³/mol. The fraction of sp³-hybridized carbons (Fsp3) is 0.364. The zero-order valence-electron chi connectivity index (χ0n) is 9.41. The van der Waals surface area contributed by atoms with E-state index in [1.54, 1.807) is 31.5 Å². The van der Waals surface area contributed by atoms with Crippen LogP contribution in [0.25, 0.3) is 0 Å². The maximum atomic E-state index is 11.8. The number of aldehydes is 1. The van der Waals surface area contributed by atoms with Crippen LogP contribution in [0.3, 0.4) is 0 Å². The van der Waals surface area contributed by atoms with Gasteiger partial charge in [-0.05, 0) is 19.1 Å². The molecule has 2 unspecified atom stereocenters. The monoisotopic (exact) mass is 238 g/mol. The summed E-state index contributed by atoms with van der Waals surface area (Å²) in [6.45, 7) is 1.70. The van der Waals surface area contributed by atoms with Crippen molar-refractivity contribution in [3.63, 3.8) is 0 Å². The summed E-state index contributed by atoms with van der Waals surface area (Å²) in [4.78, 5) is 33.9. The molecule has 0 aliphatic heterocycles. The zero-order valence-corrected chi connectivity index (χ0v) is 9.41. The molecule has 0 amide bonds. The minimum absolute atomic E-state index is 0.106. The highest BCUT2D eigenvalue weighted by molar-refractivity contribution is 6.11. The Hall–Kier alpha value is -1.95. The average Bonchev–Trinajstić information content (AvgIpc) is 2.82. The molecule has 1 aromatic rings. The second-order valence-corrected chi connectivity index (χ2v) is 3.34. The molecule has 6 heteroatoms. The third-order valence-electron chi connectivity index (χ3n) is 2.22. The summed E-state index contributed by atoms with van der Waals surface area (Å²) in [6.07, 6.45) is 2.35. The van der Waals surface area contributed by atoms with Crippen LogP contribution < -0.4 is 5.73 Å². The van der Waals surface area contributed by atoms with Crippen LogP contribution in [0.15, 0.2) is 24.5 Å². The molecule has 0 radical (unpaired) electrons. The first-order valence-electron chi connectivity index (χ1n) is 5.15. The number of aromatic nitrogens is 1. The molecule has 2 atom stereocenters. The molecule has 0 spiro atoms. The SMILES string of the molecule is CCOC(=O)C(C=O)C(=O)C(N)n1cccc1. The van der Waals surface area contributed by atoms with Crippen LogP contribution in [-0.4, -0.2) is 29.2 Å². The smallest absolute Gasteiger partial charge is 0.323 e. The van der Waals surface area contributed by atoms with Gasteiger partial charge in [-0.3, -0.25) is 9.59 Å². The number of Topliss-reactive ketones (excluding diaryl/α,β-unsaturated/α-hetero) is 1. The molecule has 92 valence electrons. The minimum Gasteiger partial charge on any atom is -0.465 e. The highest BCUT2D eigenvalue weighted by Gasteiger charge is 2.32. The number of rotatable bonds is 6. The Morgan fingerprint density at radius 1 is 1.41 bits per heavy atom. The van der Waals surface area contributed by atoms with Crippen molar-refractivity contribution < 1.29 is 19.1 Å². The molecule has 1 heterocycles. The van der Waals surface area contributed by atoms with Crippen molar-refractivity contribution in [3.8, 4) is 0 Å². The number of hydrogen-bond donors (Lipinski definition) is 1. The average molecular weight is 238 g/mol. The Bertz CT molecular complexity index is 400. The molecule has 1 aromatic heterocycles. The molecule has 6 nitrogen and oxygen atoms in total. The summed E-state index contributed by atoms with van der Waals surface area (Å²) in [5.41, 5.74) is 5.64. The first-order valence-corrected chi connectivity index (χ1v) is 5.15. The van der Waals surface area contributed by atoms with Gasteiger partial charge in [0.25, 0.3) is 0 Å². The lowest BCUT2D eigenvalue weighted by Crippen LogP contribution is -2.37. The summed E-state index contributed by atoms with van der Waals surface area (Å²) in [5.74, 6) is -3.02. The molecule has 0 saturated carbocycles. The largest absolute Gasteiger partial charge is 0.465 e. The summed E-state index contributed by atoms with van der Waals surface area (Å²) in [7, 11) is 0. The van der Waals surface area contributed by atoms with Gasteiger partial charge in [0.15, 0.2) is 11.7 Å². The molecule has 1 rings (SSSR count). The van der Waals surface area contributed by atoms with E-state index in [1.165, 1.54) is 4.57 Å². The second-order valence-electron chi connectivity index (χ2n) is 3.34. The fourth-order valence-corrected chi connectivity index (χ4v) is 1.33. The summed E-state index contributed by atoms with van der Waals surface area (Å²) in [5, 5.41) is 0. The minimum atomic E-state index is -1.47. The fourth-order valence-electron chi connectivity index (χ4n) is 1.33. The van der Waals surface area contributed by atoms with E-state index in [9.17, 15) is 14.4 Å². The number of carbonyl (C=O) groups is 3. The Kier molecular flexibility index (Phi) is 4.59. The highest BCUT2D eigenvalue weighted by atomic mass is 16.5. The van der Waals surface area contributed by atoms with Gasteiger partial charge in [0.05, 0.1) is 6.61 Å². The van der Waals surface area contributed by atoms with E-state index in [1.807, 2.05) is 0 Å². The van der Waals surface area contributed by atoms with Crippen LogP contribution in [0.5, 0.6) is 0 Å². The number of carbonyl (C=O) groups excluding carboxylic acids is 3. The Morgan fingerprint density at radius 3 is 2.47 bits per heavy atom. The molecule has 0 aliphatic rings. The van der Waals surface area contributed by atoms with Gasteiger partial charge in [-0.25, -0.2) is 0 Å². The van der Waals surface area contributed by atoms with E-state index in [-0.39, 0.29) is 12.9 Å². The van der Waals surface area contributed by atoms with Crippen molar-refractivity contribution in [2.75, 3.05) is 6.61 Å². The standard InChI is InChI=1S/C11H14N2O4/c1-2-17-11(16)8(7-14)9(15)10(12)13-5-3-4-6-13/h3-8,10H,2,12H2,1H3. The van der Waals surface area contributed by atoms with Crippen LogP contribution in [0.1, 0.15) is 13.1 Å². The van der Waals surface area contributed by atoms with E-state index in [2.05, 4.69) is 4.74 Å². The van der Waals surface area contributed by atoms with Crippen LogP contribution in [0.2, 0.25) is 0 Å². The van der Waals surface area contributed by atoms with Crippen molar-refractivity contribution >= 4 is 18.0 Å². The third-order valence-corrected chi connectivity index (χ3v) is 2.22. The second kappa shape index (κ2) is 5.95. The van der Waals surface area contributed by atoms with Crippen LogP contribution in [0.4, 0.5) is 0 Å². The zero-order chi connectivity index (χ0) is 12.8. The number of nitrogens with zero attached hydrogens (tertiary/aromatic N) is 1. The van der Waals surface area contributed by atoms with E-state index in [4.69, 9.17) is 5.73 Å². The first-order chi connectivity index (χ1) is 8.11. The van der Waals surface area contributed by atoms with Crippen molar-refractivity contribution in [2.24, 2.45) is 11.7 Å². The maximum absolute atomic E-state index is 11.8. The van der Waals surface area contributed by atoms with Crippen molar-refractivity contribution in [1.29, 1.82) is 0 Å². The number of hydrogen-bond acceptors (Lipinski definition) is 5. The molecule has 17 heavy (non-hydrogen) atoms. The lowest BCUT2D eigenvalue weighted by atomic mass is 10.0.